The lowest BCUT2D eigenvalue weighted by molar-refractivity contribution is -0.127. The van der Waals surface area contributed by atoms with Gasteiger partial charge in [0.15, 0.2) is 0 Å². The molecule has 3 fully saturated rings. The van der Waals surface area contributed by atoms with Crippen molar-refractivity contribution < 1.29 is 9.53 Å². The van der Waals surface area contributed by atoms with Gasteiger partial charge in [0, 0.05) is 38.0 Å². The summed E-state index contributed by atoms with van der Waals surface area (Å²) in [6.07, 6.45) is 7.06. The molecule has 0 aromatic heterocycles. The highest BCUT2D eigenvalue weighted by Crippen LogP contribution is 2.32. The van der Waals surface area contributed by atoms with Gasteiger partial charge in [-0.15, -0.1) is 0 Å². The lowest BCUT2D eigenvalue weighted by atomic mass is 9.82. The molecule has 2 heterocycles. The van der Waals surface area contributed by atoms with Crippen molar-refractivity contribution in [2.45, 2.75) is 50.7 Å². The third kappa shape index (κ3) is 3.23. The van der Waals surface area contributed by atoms with Gasteiger partial charge in [-0.05, 0) is 39.3 Å². The van der Waals surface area contributed by atoms with Crippen LogP contribution < -0.4 is 0 Å². The molecular weight excluding hydrogens is 252 g/mol. The highest BCUT2D eigenvalue weighted by Gasteiger charge is 2.37. The molecule has 3 rings (SSSR count). The quantitative estimate of drug-likeness (QED) is 0.785. The first kappa shape index (κ1) is 14.5. The van der Waals surface area contributed by atoms with E-state index in [2.05, 4.69) is 16.8 Å². The maximum Gasteiger partial charge on any atom is 0.137 e. The molecule has 20 heavy (non-hydrogen) atoms. The second kappa shape index (κ2) is 6.54. The number of hydrogen-bond donors (Lipinski definition) is 0. The van der Waals surface area contributed by atoms with E-state index in [0.717, 1.165) is 52.0 Å². The predicted octanol–water partition coefficient (Wildman–Crippen LogP) is 1.54. The third-order valence-corrected chi connectivity index (χ3v) is 5.26. The molecule has 3 atom stereocenters. The van der Waals surface area contributed by atoms with Crippen LogP contribution in [0.2, 0.25) is 0 Å². The van der Waals surface area contributed by atoms with Crippen LogP contribution in [0.1, 0.15) is 38.5 Å². The van der Waals surface area contributed by atoms with Gasteiger partial charge in [0.05, 0.1) is 12.7 Å². The smallest absolute Gasteiger partial charge is 0.137 e. The maximum atomic E-state index is 12.2. The summed E-state index contributed by atoms with van der Waals surface area (Å²) in [5.74, 6) is 0.836. The summed E-state index contributed by atoms with van der Waals surface area (Å²) < 4.78 is 5.90. The number of nitrogens with zero attached hydrogens (tertiary/aromatic N) is 2. The minimum absolute atomic E-state index is 0.313. The van der Waals surface area contributed by atoms with Gasteiger partial charge in [-0.1, -0.05) is 6.42 Å². The fourth-order valence-corrected chi connectivity index (χ4v) is 4.19. The van der Waals surface area contributed by atoms with Gasteiger partial charge in [-0.25, -0.2) is 0 Å². The zero-order valence-corrected chi connectivity index (χ0v) is 12.7. The van der Waals surface area contributed by atoms with Crippen molar-refractivity contribution in [3.8, 4) is 0 Å². The van der Waals surface area contributed by atoms with Gasteiger partial charge in [0.25, 0.3) is 0 Å². The molecule has 114 valence electrons. The van der Waals surface area contributed by atoms with Crippen LogP contribution in [0.25, 0.3) is 0 Å². The van der Waals surface area contributed by atoms with Crippen molar-refractivity contribution in [2.75, 3.05) is 39.8 Å². The summed E-state index contributed by atoms with van der Waals surface area (Å²) in [6, 6.07) is 0.499. The van der Waals surface area contributed by atoms with Gasteiger partial charge in [-0.3, -0.25) is 9.69 Å². The Morgan fingerprint density at radius 2 is 2.10 bits per heavy atom. The first-order valence-corrected chi connectivity index (χ1v) is 8.31. The molecule has 0 radical (unpaired) electrons. The molecule has 0 aromatic rings. The molecular formula is C16H28N2O2. The number of Topliss-reactive ketones (excluding diaryl/α,β-unsaturated/α-hetero) is 1. The number of carbonyl (C=O) groups is 1. The van der Waals surface area contributed by atoms with Gasteiger partial charge in [0.2, 0.25) is 0 Å². The van der Waals surface area contributed by atoms with Crippen LogP contribution in [-0.4, -0.2) is 67.6 Å². The van der Waals surface area contributed by atoms with E-state index >= 15 is 0 Å². The van der Waals surface area contributed by atoms with Crippen LogP contribution in [0.5, 0.6) is 0 Å². The standard InChI is InChI=1S/C16H28N2O2/c1-17-9-10-20-13(11-17)12-18-8-4-6-15(18)14-5-2-3-7-16(14)19/h13-15H,2-12H2,1H3. The van der Waals surface area contributed by atoms with Crippen LogP contribution in [0.15, 0.2) is 0 Å². The summed E-state index contributed by atoms with van der Waals surface area (Å²) in [4.78, 5) is 17.1. The SMILES string of the molecule is CN1CCOC(CN2CCCC2C2CCCCC2=O)C1. The lowest BCUT2D eigenvalue weighted by Gasteiger charge is -2.37. The number of ketones is 1. The summed E-state index contributed by atoms with van der Waals surface area (Å²) in [5, 5.41) is 0. The minimum atomic E-state index is 0.313. The Kier molecular flexibility index (Phi) is 4.74. The zero-order valence-electron chi connectivity index (χ0n) is 12.7. The van der Waals surface area contributed by atoms with Crippen molar-refractivity contribution in [2.24, 2.45) is 5.92 Å². The van der Waals surface area contributed by atoms with Crippen LogP contribution in [0.4, 0.5) is 0 Å². The molecule has 0 bridgehead atoms. The number of likely N-dealkylation sites (N-methyl/N-ethyl adjacent to an activating group) is 1. The van der Waals surface area contributed by atoms with E-state index in [4.69, 9.17) is 4.74 Å². The van der Waals surface area contributed by atoms with Crippen molar-refractivity contribution in [3.63, 3.8) is 0 Å². The molecule has 3 unspecified atom stereocenters. The second-order valence-corrected chi connectivity index (χ2v) is 6.78. The number of hydrogen-bond acceptors (Lipinski definition) is 4. The summed E-state index contributed by atoms with van der Waals surface area (Å²) >= 11 is 0. The van der Waals surface area contributed by atoms with E-state index < -0.39 is 0 Å². The minimum Gasteiger partial charge on any atom is -0.374 e. The summed E-state index contributed by atoms with van der Waals surface area (Å²) in [5.41, 5.74) is 0. The number of morpholine rings is 1. The normalized spacial score (nSPS) is 37.5. The first-order valence-electron chi connectivity index (χ1n) is 8.31. The van der Waals surface area contributed by atoms with Crippen molar-refractivity contribution in [3.05, 3.63) is 0 Å². The molecule has 0 spiro atoms. The fourth-order valence-electron chi connectivity index (χ4n) is 4.19. The van der Waals surface area contributed by atoms with Gasteiger partial charge in [0.1, 0.15) is 5.78 Å². The van der Waals surface area contributed by atoms with E-state index in [-0.39, 0.29) is 0 Å². The highest BCUT2D eigenvalue weighted by atomic mass is 16.5. The van der Waals surface area contributed by atoms with E-state index in [1.54, 1.807) is 0 Å². The predicted molar refractivity (Wildman–Crippen MR) is 78.8 cm³/mol. The Morgan fingerprint density at radius 3 is 2.90 bits per heavy atom. The zero-order chi connectivity index (χ0) is 13.9. The Hall–Kier alpha value is -0.450. The summed E-state index contributed by atoms with van der Waals surface area (Å²) in [7, 11) is 2.17. The average Bonchev–Trinajstić information content (AvgIpc) is 2.87. The lowest BCUT2D eigenvalue weighted by Crippen LogP contribution is -2.49. The number of rotatable bonds is 3. The third-order valence-electron chi connectivity index (χ3n) is 5.26. The molecule has 1 aliphatic carbocycles. The Morgan fingerprint density at radius 1 is 1.20 bits per heavy atom. The van der Waals surface area contributed by atoms with E-state index in [1.807, 2.05) is 0 Å². The second-order valence-electron chi connectivity index (χ2n) is 6.78. The van der Waals surface area contributed by atoms with Gasteiger partial charge >= 0.3 is 0 Å². The molecule has 0 aromatic carbocycles. The molecule has 3 aliphatic rings. The molecule has 1 saturated carbocycles. The monoisotopic (exact) mass is 280 g/mol. The van der Waals surface area contributed by atoms with Crippen molar-refractivity contribution in [1.29, 1.82) is 0 Å². The topological polar surface area (TPSA) is 32.8 Å². The molecule has 2 aliphatic heterocycles. The largest absolute Gasteiger partial charge is 0.374 e. The fraction of sp³-hybridized carbons (Fsp3) is 0.938. The van der Waals surface area contributed by atoms with Gasteiger partial charge in [-0.2, -0.15) is 0 Å². The van der Waals surface area contributed by atoms with Crippen LogP contribution in [0, 0.1) is 5.92 Å². The molecule has 4 nitrogen and oxygen atoms in total. The van der Waals surface area contributed by atoms with Crippen LogP contribution in [0.3, 0.4) is 0 Å². The Bertz CT molecular complexity index is 347. The summed E-state index contributed by atoms with van der Waals surface area (Å²) in [6.45, 7) is 5.09. The Balaban J connectivity index is 1.58. The maximum absolute atomic E-state index is 12.2. The van der Waals surface area contributed by atoms with Crippen molar-refractivity contribution in [1.82, 2.24) is 9.80 Å². The highest BCUT2D eigenvalue weighted by molar-refractivity contribution is 5.82. The van der Waals surface area contributed by atoms with E-state index in [9.17, 15) is 4.79 Å². The average molecular weight is 280 g/mol. The van der Waals surface area contributed by atoms with Crippen molar-refractivity contribution >= 4 is 5.78 Å². The molecule has 0 N–H and O–H groups in total. The number of carbonyl (C=O) groups excluding carboxylic acids is 1. The van der Waals surface area contributed by atoms with Crippen LogP contribution >= 0.6 is 0 Å². The van der Waals surface area contributed by atoms with Gasteiger partial charge < -0.3 is 9.64 Å². The molecule has 2 saturated heterocycles. The van der Waals surface area contributed by atoms with E-state index in [0.29, 0.717) is 23.8 Å². The van der Waals surface area contributed by atoms with E-state index in [1.165, 1.54) is 19.3 Å². The number of ether oxygens (including phenoxy) is 1. The molecule has 0 amide bonds. The number of likely N-dealkylation sites (tertiary alicyclic amines) is 1. The van der Waals surface area contributed by atoms with Crippen LogP contribution in [-0.2, 0) is 9.53 Å². The molecule has 4 heteroatoms. The first-order chi connectivity index (χ1) is 9.74. The Labute approximate surface area is 122 Å².